The lowest BCUT2D eigenvalue weighted by molar-refractivity contribution is 0.0740. The van der Waals surface area contributed by atoms with Crippen molar-refractivity contribution in [3.63, 3.8) is 0 Å². The molecule has 1 aliphatic heterocycles. The summed E-state index contributed by atoms with van der Waals surface area (Å²) in [7, 11) is 1.26. The van der Waals surface area contributed by atoms with Crippen molar-refractivity contribution < 1.29 is 18.7 Å². The third-order valence-electron chi connectivity index (χ3n) is 2.89. The van der Waals surface area contributed by atoms with Crippen LogP contribution in [0.5, 0.6) is 0 Å². The van der Waals surface area contributed by atoms with E-state index >= 15 is 0 Å². The molecule has 0 bridgehead atoms. The molecule has 21 heavy (non-hydrogen) atoms. The number of aromatic nitrogens is 2. The molecule has 1 aliphatic rings. The number of nitrogens with zero attached hydrogens (tertiary/aromatic N) is 1. The van der Waals surface area contributed by atoms with Crippen molar-refractivity contribution in [3.8, 4) is 0 Å². The maximum atomic E-state index is 11.8. The summed E-state index contributed by atoms with van der Waals surface area (Å²) in [6, 6.07) is 1.22. The highest BCUT2D eigenvalue weighted by Gasteiger charge is 2.31. The highest BCUT2D eigenvalue weighted by molar-refractivity contribution is 8.07. The van der Waals surface area contributed by atoms with E-state index in [1.165, 1.54) is 23.9 Å². The third-order valence-corrected chi connectivity index (χ3v) is 4.47. The summed E-state index contributed by atoms with van der Waals surface area (Å²) in [6.45, 7) is -1.52. The molecular weight excluding hydrogens is 319 g/mol. The number of nitrogens with one attached hydrogen (secondary N) is 1. The van der Waals surface area contributed by atoms with Crippen LogP contribution < -0.4 is 11.2 Å². The highest BCUT2D eigenvalue weighted by Crippen LogP contribution is 2.49. The van der Waals surface area contributed by atoms with Crippen molar-refractivity contribution in [2.24, 2.45) is 0 Å². The first-order chi connectivity index (χ1) is 9.86. The van der Waals surface area contributed by atoms with Crippen molar-refractivity contribution >= 4 is 18.5 Å². The van der Waals surface area contributed by atoms with E-state index in [1.54, 1.807) is 0 Å². The van der Waals surface area contributed by atoms with Crippen molar-refractivity contribution in [3.05, 3.63) is 44.6 Å². The number of hydrogen-bond acceptors (Lipinski definition) is 6. The number of aromatic amines is 1. The topological polar surface area (TPSA) is 103 Å². The van der Waals surface area contributed by atoms with Gasteiger partial charge < -0.3 is 18.7 Å². The number of hydrogen-bond donors (Lipinski definition) is 2. The van der Waals surface area contributed by atoms with Gasteiger partial charge in [0.2, 0.25) is 0 Å². The van der Waals surface area contributed by atoms with Crippen molar-refractivity contribution in [1.29, 1.82) is 0 Å². The van der Waals surface area contributed by atoms with Crippen LogP contribution in [0.25, 0.3) is 0 Å². The van der Waals surface area contributed by atoms with Gasteiger partial charge >= 0.3 is 12.4 Å². The molecule has 0 saturated carbocycles. The first-order valence-electron chi connectivity index (χ1n) is 6.14. The van der Waals surface area contributed by atoms with Gasteiger partial charge in [-0.05, 0) is 0 Å². The molecular formula is C11H15N2O6PS. The van der Waals surface area contributed by atoms with Gasteiger partial charge in [0.15, 0.2) is 6.23 Å². The molecule has 2 heterocycles. The van der Waals surface area contributed by atoms with Gasteiger partial charge in [-0.3, -0.25) is 14.3 Å². The van der Waals surface area contributed by atoms with Gasteiger partial charge in [-0.25, -0.2) is 4.79 Å². The van der Waals surface area contributed by atoms with E-state index in [4.69, 9.17) is 25.6 Å². The Morgan fingerprint density at radius 2 is 2.33 bits per heavy atom. The van der Waals surface area contributed by atoms with Gasteiger partial charge in [-0.15, -0.1) is 0 Å². The van der Waals surface area contributed by atoms with Crippen LogP contribution in [0.4, 0.5) is 0 Å². The third kappa shape index (κ3) is 3.62. The van der Waals surface area contributed by atoms with Gasteiger partial charge in [-0.2, -0.15) is 0 Å². The molecule has 2 rings (SSSR count). The van der Waals surface area contributed by atoms with E-state index in [9.17, 15) is 14.5 Å². The molecule has 1 aromatic heterocycles. The van der Waals surface area contributed by atoms with Crippen molar-refractivity contribution in [2.45, 2.75) is 26.0 Å². The molecule has 0 radical (unpaired) electrons. The van der Waals surface area contributed by atoms with Crippen LogP contribution >= 0.6 is 6.72 Å². The SMILES string of the molecule is CCC1=C(OP(O)(=S)OC)C[C@H](n2ccc(=O)[nH]c2=O)O1. The molecule has 0 fully saturated rings. The van der Waals surface area contributed by atoms with Gasteiger partial charge in [-0.1, -0.05) is 6.92 Å². The van der Waals surface area contributed by atoms with Crippen LogP contribution in [0.15, 0.2) is 33.4 Å². The first-order valence-corrected chi connectivity index (χ1v) is 8.73. The van der Waals surface area contributed by atoms with E-state index in [0.29, 0.717) is 17.9 Å². The second kappa shape index (κ2) is 6.15. The van der Waals surface area contributed by atoms with E-state index in [1.807, 2.05) is 6.92 Å². The summed E-state index contributed by atoms with van der Waals surface area (Å²) in [5.74, 6) is 0.840. The molecule has 1 aromatic rings. The maximum Gasteiger partial charge on any atom is 0.377 e. The lowest BCUT2D eigenvalue weighted by Gasteiger charge is -2.15. The van der Waals surface area contributed by atoms with Gasteiger partial charge in [0.1, 0.15) is 11.5 Å². The number of allylic oxidation sites excluding steroid dienone is 1. The molecule has 0 amide bonds. The molecule has 2 atom stereocenters. The van der Waals surface area contributed by atoms with E-state index in [0.717, 1.165) is 0 Å². The normalized spacial score (nSPS) is 21.0. The average molecular weight is 334 g/mol. The molecule has 8 nitrogen and oxygen atoms in total. The molecule has 10 heteroatoms. The van der Waals surface area contributed by atoms with E-state index < -0.39 is 24.2 Å². The fourth-order valence-electron chi connectivity index (χ4n) is 1.90. The minimum absolute atomic E-state index is 0.206. The number of rotatable bonds is 5. The van der Waals surface area contributed by atoms with Crippen LogP contribution in [0.1, 0.15) is 26.0 Å². The molecule has 2 N–H and O–H groups in total. The summed E-state index contributed by atoms with van der Waals surface area (Å²) in [5, 5.41) is 0. The molecule has 116 valence electrons. The summed E-state index contributed by atoms with van der Waals surface area (Å²) in [6.07, 6.45) is 1.39. The molecule has 0 saturated heterocycles. The number of ether oxygens (including phenoxy) is 1. The number of H-pyrrole nitrogens is 1. The average Bonchev–Trinajstić information content (AvgIpc) is 2.80. The Hall–Kier alpha value is -1.41. The van der Waals surface area contributed by atoms with Crippen LogP contribution in [-0.4, -0.2) is 21.6 Å². The monoisotopic (exact) mass is 334 g/mol. The maximum absolute atomic E-state index is 11.8. The summed E-state index contributed by atoms with van der Waals surface area (Å²) in [4.78, 5) is 34.7. The Morgan fingerprint density at radius 1 is 1.62 bits per heavy atom. The lowest BCUT2D eigenvalue weighted by atomic mass is 10.3. The Bertz CT molecular complexity index is 724. The fraction of sp³-hybridized carbons (Fsp3) is 0.455. The van der Waals surface area contributed by atoms with Crippen LogP contribution in [-0.2, 0) is 25.6 Å². The Morgan fingerprint density at radius 3 is 2.90 bits per heavy atom. The van der Waals surface area contributed by atoms with Gasteiger partial charge in [0, 0.05) is 37.6 Å². The Kier molecular flexibility index (Phi) is 4.67. The Balaban J connectivity index is 2.25. The van der Waals surface area contributed by atoms with Crippen molar-refractivity contribution in [1.82, 2.24) is 9.55 Å². The van der Waals surface area contributed by atoms with Crippen LogP contribution in [0, 0.1) is 0 Å². The Labute approximate surface area is 125 Å². The second-order valence-electron chi connectivity index (χ2n) is 4.24. The quantitative estimate of drug-likeness (QED) is 0.773. The summed E-state index contributed by atoms with van der Waals surface area (Å²) < 4.78 is 16.9. The van der Waals surface area contributed by atoms with Crippen LogP contribution in [0.2, 0.25) is 0 Å². The van der Waals surface area contributed by atoms with Crippen molar-refractivity contribution in [2.75, 3.05) is 7.11 Å². The molecule has 1 unspecified atom stereocenters. The molecule has 0 aromatic carbocycles. The first kappa shape index (κ1) is 16.0. The van der Waals surface area contributed by atoms with Gasteiger partial charge in [0.05, 0.1) is 6.42 Å². The minimum atomic E-state index is -3.36. The largest absolute Gasteiger partial charge is 0.470 e. The fourth-order valence-corrected chi connectivity index (χ4v) is 2.70. The lowest BCUT2D eigenvalue weighted by Crippen LogP contribution is -2.31. The van der Waals surface area contributed by atoms with E-state index in [-0.39, 0.29) is 6.42 Å². The molecule has 0 aliphatic carbocycles. The smallest absolute Gasteiger partial charge is 0.377 e. The van der Waals surface area contributed by atoms with E-state index in [2.05, 4.69) is 4.98 Å². The predicted molar refractivity (Wildman–Crippen MR) is 78.0 cm³/mol. The summed E-state index contributed by atoms with van der Waals surface area (Å²) >= 11 is 4.80. The zero-order valence-electron chi connectivity index (χ0n) is 11.4. The van der Waals surface area contributed by atoms with Gasteiger partial charge in [0.25, 0.3) is 5.56 Å². The van der Waals surface area contributed by atoms with Crippen LogP contribution in [0.3, 0.4) is 0 Å². The standard InChI is InChI=1S/C11H15N2O6PS/c1-3-7-8(19-20(16,21)17-2)6-10(18-7)13-5-4-9(14)12-11(13)15/h4-5,10H,3,6H2,1-2H3,(H,16,21)(H,12,14,15)/t10-,20?/m1/s1. The molecule has 0 spiro atoms. The highest BCUT2D eigenvalue weighted by atomic mass is 32.5. The summed E-state index contributed by atoms with van der Waals surface area (Å²) in [5.41, 5.74) is -1.07. The zero-order valence-corrected chi connectivity index (χ0v) is 13.1. The second-order valence-corrected chi connectivity index (χ2v) is 7.11. The minimum Gasteiger partial charge on any atom is -0.470 e. The predicted octanol–water partition coefficient (Wildman–Crippen LogP) is 0.957. The zero-order chi connectivity index (χ0) is 15.6.